The number of rotatable bonds is 8. The van der Waals surface area contributed by atoms with Crippen LogP contribution in [0, 0.1) is 11.2 Å². The number of esters is 1. The maximum Gasteiger partial charge on any atom is 0.311 e. The van der Waals surface area contributed by atoms with Gasteiger partial charge in [-0.1, -0.05) is 17.3 Å². The van der Waals surface area contributed by atoms with Crippen molar-refractivity contribution < 1.29 is 23.5 Å². The Morgan fingerprint density at radius 3 is 2.48 bits per heavy atom. The zero-order chi connectivity index (χ0) is 27.9. The molecule has 40 heavy (non-hydrogen) atoms. The van der Waals surface area contributed by atoms with E-state index in [-0.39, 0.29) is 17.4 Å². The largest absolute Gasteiger partial charge is 0.493 e. The Hall–Kier alpha value is -3.13. The van der Waals surface area contributed by atoms with E-state index in [4.69, 9.17) is 14.3 Å². The van der Waals surface area contributed by atoms with Gasteiger partial charge in [-0.3, -0.25) is 9.69 Å². The first-order chi connectivity index (χ1) is 19.3. The Morgan fingerprint density at radius 2 is 1.82 bits per heavy atom. The maximum absolute atomic E-state index is 13.6. The van der Waals surface area contributed by atoms with Gasteiger partial charge in [-0.25, -0.2) is 4.39 Å². The van der Waals surface area contributed by atoms with Crippen LogP contribution in [-0.4, -0.2) is 66.6 Å². The lowest BCUT2D eigenvalue weighted by Crippen LogP contribution is -2.61. The van der Waals surface area contributed by atoms with Crippen molar-refractivity contribution in [3.05, 3.63) is 53.3 Å². The first-order valence-electron chi connectivity index (χ1n) is 14.8. The highest BCUT2D eigenvalue weighted by Crippen LogP contribution is 2.47. The summed E-state index contributed by atoms with van der Waals surface area (Å²) in [7, 11) is 0. The summed E-state index contributed by atoms with van der Waals surface area (Å²) in [6.45, 7) is 11.0. The second-order valence-corrected chi connectivity index (χ2v) is 12.1. The second kappa shape index (κ2) is 10.7. The molecular formula is C32H40FN3O4. The third-order valence-corrected chi connectivity index (χ3v) is 8.96. The SMILES string of the molecule is CCOC(=O)C1(C)CCN(C2=NOC3(C2)CN(Cc2cc(OCC)c(-c4ccc(F)cc4)cc2C2CC2)C3)CC1. The highest BCUT2D eigenvalue weighted by Gasteiger charge is 2.51. The van der Waals surface area contributed by atoms with E-state index in [1.54, 1.807) is 0 Å². The molecule has 7 nitrogen and oxygen atoms in total. The van der Waals surface area contributed by atoms with E-state index in [0.717, 1.165) is 74.7 Å². The fourth-order valence-corrected chi connectivity index (χ4v) is 6.41. The van der Waals surface area contributed by atoms with E-state index < -0.39 is 5.41 Å². The first-order valence-corrected chi connectivity index (χ1v) is 14.8. The average Bonchev–Trinajstić information content (AvgIpc) is 3.68. The summed E-state index contributed by atoms with van der Waals surface area (Å²) in [6, 6.07) is 11.2. The van der Waals surface area contributed by atoms with Crippen molar-refractivity contribution in [1.29, 1.82) is 0 Å². The monoisotopic (exact) mass is 549 g/mol. The summed E-state index contributed by atoms with van der Waals surface area (Å²) >= 11 is 0. The van der Waals surface area contributed by atoms with Gasteiger partial charge in [0.25, 0.3) is 0 Å². The molecule has 8 heteroatoms. The molecule has 0 radical (unpaired) electrons. The van der Waals surface area contributed by atoms with Gasteiger partial charge in [-0.15, -0.1) is 0 Å². The fourth-order valence-electron chi connectivity index (χ4n) is 6.41. The molecule has 0 atom stereocenters. The van der Waals surface area contributed by atoms with Crippen LogP contribution >= 0.6 is 0 Å². The molecular weight excluding hydrogens is 509 g/mol. The van der Waals surface area contributed by atoms with Gasteiger partial charge in [-0.05, 0) is 93.3 Å². The normalized spacial score (nSPS) is 21.5. The van der Waals surface area contributed by atoms with Gasteiger partial charge in [0.05, 0.1) is 25.0 Å². The Bertz CT molecular complexity index is 1280. The lowest BCUT2D eigenvalue weighted by Gasteiger charge is -2.46. The van der Waals surface area contributed by atoms with Crippen molar-refractivity contribution in [3.63, 3.8) is 0 Å². The van der Waals surface area contributed by atoms with E-state index >= 15 is 0 Å². The van der Waals surface area contributed by atoms with Gasteiger partial charge in [-0.2, -0.15) is 0 Å². The molecule has 214 valence electrons. The number of likely N-dealkylation sites (tertiary alicyclic amines) is 2. The van der Waals surface area contributed by atoms with E-state index in [0.29, 0.717) is 19.1 Å². The molecule has 0 unspecified atom stereocenters. The number of hydrogen-bond donors (Lipinski definition) is 0. The average molecular weight is 550 g/mol. The van der Waals surface area contributed by atoms with Gasteiger partial charge in [0.15, 0.2) is 5.60 Å². The Labute approximate surface area is 236 Å². The highest BCUT2D eigenvalue weighted by atomic mass is 19.1. The summed E-state index contributed by atoms with van der Waals surface area (Å²) in [4.78, 5) is 23.2. The zero-order valence-electron chi connectivity index (χ0n) is 23.9. The lowest BCUT2D eigenvalue weighted by atomic mass is 9.80. The number of ether oxygens (including phenoxy) is 2. The molecule has 0 aromatic heterocycles. The molecule has 0 amide bonds. The van der Waals surface area contributed by atoms with Crippen LogP contribution < -0.4 is 4.74 Å². The van der Waals surface area contributed by atoms with Crippen molar-refractivity contribution in [1.82, 2.24) is 9.80 Å². The fraction of sp³-hybridized carbons (Fsp3) is 0.562. The number of carbonyl (C=O) groups excluding carboxylic acids is 1. The Morgan fingerprint density at radius 1 is 1.10 bits per heavy atom. The summed E-state index contributed by atoms with van der Waals surface area (Å²) in [5.41, 5.74) is 4.03. The van der Waals surface area contributed by atoms with Crippen LogP contribution in [0.5, 0.6) is 5.75 Å². The van der Waals surface area contributed by atoms with Crippen molar-refractivity contribution in [3.8, 4) is 16.9 Å². The summed E-state index contributed by atoms with van der Waals surface area (Å²) in [5, 5.41) is 4.50. The third kappa shape index (κ3) is 5.30. The maximum atomic E-state index is 13.6. The van der Waals surface area contributed by atoms with Gasteiger partial charge < -0.3 is 19.2 Å². The molecule has 4 aliphatic rings. The van der Waals surface area contributed by atoms with E-state index in [9.17, 15) is 9.18 Å². The molecule has 1 saturated carbocycles. The quantitative estimate of drug-likeness (QED) is 0.393. The minimum atomic E-state index is -0.413. The Balaban J connectivity index is 1.10. The van der Waals surface area contributed by atoms with Crippen LogP contribution in [0.1, 0.15) is 69.9 Å². The van der Waals surface area contributed by atoms with Crippen LogP contribution in [0.25, 0.3) is 11.1 Å². The number of carbonyl (C=O) groups is 1. The molecule has 2 saturated heterocycles. The van der Waals surface area contributed by atoms with Crippen molar-refractivity contribution >= 4 is 11.8 Å². The second-order valence-electron chi connectivity index (χ2n) is 12.1. The van der Waals surface area contributed by atoms with E-state index in [1.807, 2.05) is 32.9 Å². The molecule has 3 fully saturated rings. The van der Waals surface area contributed by atoms with Crippen LogP contribution in [0.4, 0.5) is 4.39 Å². The number of oxime groups is 1. The number of piperidine rings is 1. The van der Waals surface area contributed by atoms with Crippen molar-refractivity contribution in [2.45, 2.75) is 70.9 Å². The highest BCUT2D eigenvalue weighted by molar-refractivity contribution is 5.85. The van der Waals surface area contributed by atoms with Crippen molar-refractivity contribution in [2.24, 2.45) is 10.6 Å². The minimum Gasteiger partial charge on any atom is -0.493 e. The van der Waals surface area contributed by atoms with Crippen LogP contribution in [0.3, 0.4) is 0 Å². The predicted molar refractivity (Wildman–Crippen MR) is 152 cm³/mol. The number of benzene rings is 2. The number of hydrogen-bond acceptors (Lipinski definition) is 7. The van der Waals surface area contributed by atoms with Crippen LogP contribution in [0.2, 0.25) is 0 Å². The van der Waals surface area contributed by atoms with E-state index in [1.165, 1.54) is 36.1 Å². The molecule has 0 N–H and O–H groups in total. The number of halogens is 1. The first kappa shape index (κ1) is 27.1. The number of nitrogens with zero attached hydrogens (tertiary/aromatic N) is 3. The summed E-state index contributed by atoms with van der Waals surface area (Å²) in [5.74, 6) is 2.12. The topological polar surface area (TPSA) is 63.6 Å². The molecule has 0 bridgehead atoms. The van der Waals surface area contributed by atoms with Crippen LogP contribution in [0.15, 0.2) is 41.6 Å². The number of amidine groups is 1. The molecule has 6 rings (SSSR count). The standard InChI is InChI=1S/C32H40FN3O4/c1-4-38-28-16-24(26(22-6-7-22)17-27(28)23-8-10-25(33)11-9-23)19-35-20-32(21-35)18-29(34-40-32)36-14-12-31(3,13-15-36)30(37)39-5-2/h8-11,16-17,22H,4-7,12-15,18-21H2,1-3H3. The van der Waals surface area contributed by atoms with Gasteiger partial charge in [0, 0.05) is 38.3 Å². The molecule has 2 aromatic carbocycles. The smallest absolute Gasteiger partial charge is 0.311 e. The van der Waals surface area contributed by atoms with Gasteiger partial charge in [0.2, 0.25) is 0 Å². The molecule has 3 aliphatic heterocycles. The molecule has 1 aliphatic carbocycles. The summed E-state index contributed by atoms with van der Waals surface area (Å²) in [6.07, 6.45) is 4.76. The molecule has 1 spiro atoms. The predicted octanol–water partition coefficient (Wildman–Crippen LogP) is 5.72. The molecule has 3 heterocycles. The van der Waals surface area contributed by atoms with Gasteiger partial charge >= 0.3 is 5.97 Å². The zero-order valence-corrected chi connectivity index (χ0v) is 23.9. The van der Waals surface area contributed by atoms with Crippen LogP contribution in [-0.2, 0) is 20.9 Å². The van der Waals surface area contributed by atoms with Gasteiger partial charge in [0.1, 0.15) is 17.4 Å². The Kier molecular flexibility index (Phi) is 7.23. The van der Waals surface area contributed by atoms with E-state index in [2.05, 4.69) is 27.1 Å². The van der Waals surface area contributed by atoms with Crippen molar-refractivity contribution in [2.75, 3.05) is 39.4 Å². The third-order valence-electron chi connectivity index (χ3n) is 8.96. The summed E-state index contributed by atoms with van der Waals surface area (Å²) < 4.78 is 25.0. The molecule has 2 aromatic rings. The lowest BCUT2D eigenvalue weighted by molar-refractivity contribution is -0.156. The minimum absolute atomic E-state index is 0.0888.